The fourth-order valence-corrected chi connectivity index (χ4v) is 3.65. The molecule has 0 aliphatic carbocycles. The van der Waals surface area contributed by atoms with E-state index in [0.717, 1.165) is 15.7 Å². The van der Waals surface area contributed by atoms with Gasteiger partial charge in [0.25, 0.3) is 5.56 Å². The molecule has 0 unspecified atom stereocenters. The standard InChI is InChI=1S/C22H22ClN5O3/c1-14-4-6-15(7-5-14)19-25-20-18(28(19)13-17-9-8-16(23)12-24-17)21(30)27(10-3-11-29)22(31)26(20)2/h4-9,12,29H,3,10-11,13H2,1-2H3. The summed E-state index contributed by atoms with van der Waals surface area (Å²) in [6, 6.07) is 11.3. The maximum absolute atomic E-state index is 13.3. The zero-order valence-electron chi connectivity index (χ0n) is 17.2. The Morgan fingerprint density at radius 3 is 2.45 bits per heavy atom. The first-order valence-corrected chi connectivity index (χ1v) is 10.3. The molecule has 8 nitrogen and oxygen atoms in total. The fourth-order valence-electron chi connectivity index (χ4n) is 3.54. The first-order valence-electron chi connectivity index (χ1n) is 9.89. The first-order chi connectivity index (χ1) is 14.9. The molecular weight excluding hydrogens is 418 g/mol. The molecule has 0 amide bonds. The predicted octanol–water partition coefficient (Wildman–Crippen LogP) is 2.35. The number of halogens is 1. The van der Waals surface area contributed by atoms with Gasteiger partial charge in [-0.2, -0.15) is 0 Å². The molecule has 0 radical (unpaired) electrons. The number of aryl methyl sites for hydroxylation is 2. The van der Waals surface area contributed by atoms with Gasteiger partial charge in [-0.1, -0.05) is 41.4 Å². The van der Waals surface area contributed by atoms with Crippen molar-refractivity contribution >= 4 is 22.8 Å². The highest BCUT2D eigenvalue weighted by atomic mass is 35.5. The highest BCUT2D eigenvalue weighted by Crippen LogP contribution is 2.24. The van der Waals surface area contributed by atoms with Crippen molar-refractivity contribution in [3.8, 4) is 11.4 Å². The first kappa shape index (κ1) is 21.0. The van der Waals surface area contributed by atoms with Gasteiger partial charge in [-0.3, -0.25) is 18.9 Å². The number of nitrogens with zero attached hydrogens (tertiary/aromatic N) is 5. The smallest absolute Gasteiger partial charge is 0.332 e. The van der Waals surface area contributed by atoms with Crippen LogP contribution in [0.25, 0.3) is 22.6 Å². The lowest BCUT2D eigenvalue weighted by molar-refractivity contribution is 0.277. The number of fused-ring (bicyclic) bond motifs is 1. The molecule has 0 saturated heterocycles. The van der Waals surface area contributed by atoms with Crippen molar-refractivity contribution in [2.75, 3.05) is 6.61 Å². The highest BCUT2D eigenvalue weighted by Gasteiger charge is 2.21. The molecule has 9 heteroatoms. The number of imidazole rings is 1. The molecule has 0 atom stereocenters. The summed E-state index contributed by atoms with van der Waals surface area (Å²) in [6.45, 7) is 2.29. The molecule has 0 fully saturated rings. The lowest BCUT2D eigenvalue weighted by atomic mass is 10.1. The van der Waals surface area contributed by atoms with Crippen LogP contribution in [-0.2, 0) is 20.1 Å². The average molecular weight is 440 g/mol. The molecule has 160 valence electrons. The van der Waals surface area contributed by atoms with Crippen molar-refractivity contribution in [2.24, 2.45) is 7.05 Å². The SMILES string of the molecule is Cc1ccc(-c2nc3c(c(=O)n(CCCO)c(=O)n3C)n2Cc2ccc(Cl)cn2)cc1. The van der Waals surface area contributed by atoms with Crippen LogP contribution >= 0.6 is 11.6 Å². The number of aliphatic hydroxyl groups is 1. The second kappa shape index (κ2) is 8.49. The molecule has 0 spiro atoms. The van der Waals surface area contributed by atoms with E-state index in [9.17, 15) is 14.7 Å². The zero-order chi connectivity index (χ0) is 22.1. The Labute approximate surface area is 183 Å². The molecule has 31 heavy (non-hydrogen) atoms. The lowest BCUT2D eigenvalue weighted by Gasteiger charge is -2.11. The van der Waals surface area contributed by atoms with E-state index in [1.807, 2.05) is 31.2 Å². The second-order valence-electron chi connectivity index (χ2n) is 7.40. The number of hydrogen-bond donors (Lipinski definition) is 1. The Morgan fingerprint density at radius 2 is 1.81 bits per heavy atom. The van der Waals surface area contributed by atoms with Crippen molar-refractivity contribution in [2.45, 2.75) is 26.4 Å². The molecule has 0 aliphatic heterocycles. The largest absolute Gasteiger partial charge is 0.396 e. The normalized spacial score (nSPS) is 11.4. The average Bonchev–Trinajstić information content (AvgIpc) is 3.14. The second-order valence-corrected chi connectivity index (χ2v) is 7.84. The summed E-state index contributed by atoms with van der Waals surface area (Å²) in [5.41, 5.74) is 2.34. The monoisotopic (exact) mass is 439 g/mol. The molecule has 3 aromatic heterocycles. The van der Waals surface area contributed by atoms with E-state index in [-0.39, 0.29) is 19.7 Å². The van der Waals surface area contributed by atoms with Crippen LogP contribution in [0.5, 0.6) is 0 Å². The van der Waals surface area contributed by atoms with E-state index >= 15 is 0 Å². The Morgan fingerprint density at radius 1 is 1.06 bits per heavy atom. The molecule has 0 saturated carbocycles. The quantitative estimate of drug-likeness (QED) is 0.497. The van der Waals surface area contributed by atoms with Crippen molar-refractivity contribution < 1.29 is 5.11 Å². The van der Waals surface area contributed by atoms with Gasteiger partial charge >= 0.3 is 5.69 Å². The number of hydrogen-bond acceptors (Lipinski definition) is 5. The van der Waals surface area contributed by atoms with Gasteiger partial charge in [0.2, 0.25) is 0 Å². The maximum Gasteiger partial charge on any atom is 0.332 e. The Kier molecular flexibility index (Phi) is 5.75. The molecule has 4 rings (SSSR count). The fraction of sp³-hybridized carbons (Fsp3) is 0.273. The number of pyridine rings is 1. The Balaban J connectivity index is 2.01. The maximum atomic E-state index is 13.3. The molecule has 0 bridgehead atoms. The topological polar surface area (TPSA) is 94.9 Å². The van der Waals surface area contributed by atoms with E-state index in [1.165, 1.54) is 4.57 Å². The summed E-state index contributed by atoms with van der Waals surface area (Å²) >= 11 is 5.97. The zero-order valence-corrected chi connectivity index (χ0v) is 18.0. The number of benzene rings is 1. The minimum absolute atomic E-state index is 0.115. The summed E-state index contributed by atoms with van der Waals surface area (Å²) in [5.74, 6) is 0.568. The van der Waals surface area contributed by atoms with Gasteiger partial charge in [0.1, 0.15) is 5.82 Å². The van der Waals surface area contributed by atoms with Gasteiger partial charge in [-0.05, 0) is 25.5 Å². The van der Waals surface area contributed by atoms with Crippen molar-refractivity contribution in [1.82, 2.24) is 23.7 Å². The van der Waals surface area contributed by atoms with Gasteiger partial charge in [-0.25, -0.2) is 9.78 Å². The van der Waals surface area contributed by atoms with Gasteiger partial charge in [0.15, 0.2) is 11.2 Å². The summed E-state index contributed by atoms with van der Waals surface area (Å²) in [5, 5.41) is 9.70. The number of aromatic nitrogens is 5. The summed E-state index contributed by atoms with van der Waals surface area (Å²) in [6.07, 6.45) is 1.86. The van der Waals surface area contributed by atoms with Gasteiger partial charge < -0.3 is 9.67 Å². The number of rotatable bonds is 6. The number of aliphatic hydroxyl groups excluding tert-OH is 1. The van der Waals surface area contributed by atoms with Gasteiger partial charge in [0, 0.05) is 32.0 Å². The minimum Gasteiger partial charge on any atom is -0.396 e. The Hall–Kier alpha value is -3.23. The van der Waals surface area contributed by atoms with E-state index in [1.54, 1.807) is 29.9 Å². The van der Waals surface area contributed by atoms with Crippen molar-refractivity contribution in [1.29, 1.82) is 0 Å². The van der Waals surface area contributed by atoms with E-state index in [4.69, 9.17) is 11.6 Å². The molecule has 3 heterocycles. The van der Waals surface area contributed by atoms with Crippen LogP contribution in [0.1, 0.15) is 17.7 Å². The van der Waals surface area contributed by atoms with Crippen LogP contribution in [0.3, 0.4) is 0 Å². The summed E-state index contributed by atoms with van der Waals surface area (Å²) in [7, 11) is 1.59. The third-order valence-electron chi connectivity index (χ3n) is 5.19. The van der Waals surface area contributed by atoms with Crippen LogP contribution in [0.2, 0.25) is 5.02 Å². The molecule has 0 aliphatic rings. The van der Waals surface area contributed by atoms with Crippen LogP contribution in [-0.4, -0.2) is 35.4 Å². The van der Waals surface area contributed by atoms with E-state index < -0.39 is 11.2 Å². The van der Waals surface area contributed by atoms with Crippen LogP contribution in [0, 0.1) is 6.92 Å². The lowest BCUT2D eigenvalue weighted by Crippen LogP contribution is -2.40. The highest BCUT2D eigenvalue weighted by molar-refractivity contribution is 6.30. The molecule has 1 aromatic carbocycles. The summed E-state index contributed by atoms with van der Waals surface area (Å²) in [4.78, 5) is 35.1. The Bertz CT molecular complexity index is 1350. The van der Waals surface area contributed by atoms with Crippen molar-refractivity contribution in [3.05, 3.63) is 79.7 Å². The molecule has 4 aromatic rings. The van der Waals surface area contributed by atoms with Gasteiger partial charge in [-0.15, -0.1) is 0 Å². The third kappa shape index (κ3) is 3.92. The van der Waals surface area contributed by atoms with Crippen LogP contribution in [0.15, 0.2) is 52.2 Å². The summed E-state index contributed by atoms with van der Waals surface area (Å²) < 4.78 is 4.30. The van der Waals surface area contributed by atoms with Gasteiger partial charge in [0.05, 0.1) is 17.3 Å². The molecular formula is C22H22ClN5O3. The van der Waals surface area contributed by atoms with E-state index in [2.05, 4.69) is 9.97 Å². The molecule has 1 N–H and O–H groups in total. The third-order valence-corrected chi connectivity index (χ3v) is 5.41. The van der Waals surface area contributed by atoms with E-state index in [0.29, 0.717) is 34.1 Å². The van der Waals surface area contributed by atoms with Crippen LogP contribution < -0.4 is 11.2 Å². The van der Waals surface area contributed by atoms with Crippen LogP contribution in [0.4, 0.5) is 0 Å². The minimum atomic E-state index is -0.462. The van der Waals surface area contributed by atoms with Crippen molar-refractivity contribution in [3.63, 3.8) is 0 Å². The predicted molar refractivity (Wildman–Crippen MR) is 119 cm³/mol.